The molecule has 0 bridgehead atoms. The van der Waals surface area contributed by atoms with Crippen LogP contribution < -0.4 is 10.1 Å². The Morgan fingerprint density at radius 1 is 1.35 bits per heavy atom. The Bertz CT molecular complexity index is 737. The molecular formula is C21H28N2O3. The minimum absolute atomic E-state index is 0.0209. The van der Waals surface area contributed by atoms with Crippen molar-refractivity contribution in [2.24, 2.45) is 17.3 Å². The molecule has 1 N–H and O–H groups in total. The van der Waals surface area contributed by atoms with Gasteiger partial charge in [0.05, 0.1) is 5.69 Å². The predicted octanol–water partition coefficient (Wildman–Crippen LogP) is 3.98. The number of aromatic nitrogens is 1. The van der Waals surface area contributed by atoms with Gasteiger partial charge in [0.25, 0.3) is 0 Å². The molecule has 1 fully saturated rings. The van der Waals surface area contributed by atoms with Gasteiger partial charge in [-0.15, -0.1) is 0 Å². The first kappa shape index (κ1) is 18.5. The lowest BCUT2D eigenvalue weighted by molar-refractivity contribution is -0.128. The largest absolute Gasteiger partial charge is 0.486 e. The maximum Gasteiger partial charge on any atom is 0.222 e. The number of amides is 1. The zero-order chi connectivity index (χ0) is 18.7. The van der Waals surface area contributed by atoms with Gasteiger partial charge in [-0.1, -0.05) is 51.1 Å². The molecule has 2 atom stereocenters. The van der Waals surface area contributed by atoms with Crippen molar-refractivity contribution < 1.29 is 14.1 Å². The third-order valence-corrected chi connectivity index (χ3v) is 5.50. The molecule has 26 heavy (non-hydrogen) atoms. The molecule has 5 nitrogen and oxygen atoms in total. The number of carbonyl (C=O) groups is 1. The Morgan fingerprint density at radius 2 is 2.08 bits per heavy atom. The van der Waals surface area contributed by atoms with Gasteiger partial charge in [0.15, 0.2) is 5.76 Å². The van der Waals surface area contributed by atoms with Gasteiger partial charge in [-0.25, -0.2) is 0 Å². The Balaban J connectivity index is 1.51. The van der Waals surface area contributed by atoms with Gasteiger partial charge in [0.1, 0.15) is 12.4 Å². The van der Waals surface area contributed by atoms with Crippen molar-refractivity contribution in [1.29, 1.82) is 0 Å². The summed E-state index contributed by atoms with van der Waals surface area (Å²) in [5.74, 6) is 2.17. The molecule has 140 valence electrons. The summed E-state index contributed by atoms with van der Waals surface area (Å²) in [7, 11) is 0. The SMILES string of the molecule is CC(C)C(=O)NC1CC(Cc2cc(COc3ccccc3)on2)C1(C)C. The maximum absolute atomic E-state index is 11.9. The number of nitrogens with one attached hydrogen (secondary N) is 1. The molecule has 5 heteroatoms. The van der Waals surface area contributed by atoms with Crippen LogP contribution in [0.25, 0.3) is 0 Å². The zero-order valence-electron chi connectivity index (χ0n) is 16.0. The highest BCUT2D eigenvalue weighted by molar-refractivity contribution is 5.78. The van der Waals surface area contributed by atoms with Crippen LogP contribution in [-0.4, -0.2) is 17.1 Å². The first-order chi connectivity index (χ1) is 12.4. The highest BCUT2D eigenvalue weighted by Gasteiger charge is 2.48. The third-order valence-electron chi connectivity index (χ3n) is 5.50. The van der Waals surface area contributed by atoms with Crippen LogP contribution in [0.1, 0.15) is 45.6 Å². The van der Waals surface area contributed by atoms with Crippen LogP contribution in [0.4, 0.5) is 0 Å². The Hall–Kier alpha value is -2.30. The number of benzene rings is 1. The highest BCUT2D eigenvalue weighted by Crippen LogP contribution is 2.47. The van der Waals surface area contributed by atoms with Crippen molar-refractivity contribution in [3.63, 3.8) is 0 Å². The van der Waals surface area contributed by atoms with Crippen molar-refractivity contribution in [2.45, 2.75) is 53.2 Å². The number of nitrogens with zero attached hydrogens (tertiary/aromatic N) is 1. The van der Waals surface area contributed by atoms with E-state index in [4.69, 9.17) is 9.26 Å². The summed E-state index contributed by atoms with van der Waals surface area (Å²) in [5.41, 5.74) is 1.01. The lowest BCUT2D eigenvalue weighted by atomic mass is 9.57. The molecular weight excluding hydrogens is 328 g/mol. The summed E-state index contributed by atoms with van der Waals surface area (Å²) in [5, 5.41) is 7.35. The Kier molecular flexibility index (Phi) is 5.35. The average Bonchev–Trinajstić information content (AvgIpc) is 3.07. The molecule has 0 radical (unpaired) electrons. The standard InChI is InChI=1S/C21H28N2O3/c1-14(2)20(24)22-19-11-15(21(19,3)4)10-16-12-18(26-23-16)13-25-17-8-6-5-7-9-17/h5-9,12,14-15,19H,10-11,13H2,1-4H3,(H,22,24). The van der Waals surface area contributed by atoms with E-state index in [0.29, 0.717) is 12.5 Å². The summed E-state index contributed by atoms with van der Waals surface area (Å²) in [6, 6.07) is 11.9. The van der Waals surface area contributed by atoms with Gasteiger partial charge in [0.2, 0.25) is 5.91 Å². The predicted molar refractivity (Wildman–Crippen MR) is 99.6 cm³/mol. The van der Waals surface area contributed by atoms with E-state index in [2.05, 4.69) is 24.3 Å². The number of ether oxygens (including phenoxy) is 1. The molecule has 3 rings (SSSR count). The topological polar surface area (TPSA) is 64.4 Å². The van der Waals surface area contributed by atoms with E-state index in [0.717, 1.165) is 30.0 Å². The first-order valence-corrected chi connectivity index (χ1v) is 9.29. The number of hydrogen-bond acceptors (Lipinski definition) is 4. The van der Waals surface area contributed by atoms with Crippen molar-refractivity contribution in [3.8, 4) is 5.75 Å². The van der Waals surface area contributed by atoms with Crippen LogP contribution in [0.5, 0.6) is 5.75 Å². The van der Waals surface area contributed by atoms with Crippen LogP contribution in [-0.2, 0) is 17.8 Å². The lowest BCUT2D eigenvalue weighted by Crippen LogP contribution is -2.59. The van der Waals surface area contributed by atoms with Crippen molar-refractivity contribution >= 4 is 5.91 Å². The van der Waals surface area contributed by atoms with Gasteiger partial charge in [-0.3, -0.25) is 4.79 Å². The van der Waals surface area contributed by atoms with Crippen molar-refractivity contribution in [2.75, 3.05) is 0 Å². The number of hydrogen-bond donors (Lipinski definition) is 1. The van der Waals surface area contributed by atoms with Crippen molar-refractivity contribution in [1.82, 2.24) is 10.5 Å². The normalized spacial score (nSPS) is 21.3. The molecule has 2 unspecified atom stereocenters. The Morgan fingerprint density at radius 3 is 2.73 bits per heavy atom. The molecule has 1 aliphatic carbocycles. The van der Waals surface area contributed by atoms with Gasteiger partial charge in [0, 0.05) is 18.0 Å². The van der Waals surface area contributed by atoms with Crippen molar-refractivity contribution in [3.05, 3.63) is 47.9 Å². The number of carbonyl (C=O) groups excluding carboxylic acids is 1. The summed E-state index contributed by atoms with van der Waals surface area (Å²) in [4.78, 5) is 11.9. The number of para-hydroxylation sites is 1. The second-order valence-electron chi connectivity index (χ2n) is 8.06. The van der Waals surface area contributed by atoms with E-state index >= 15 is 0 Å². The second kappa shape index (κ2) is 7.52. The van der Waals surface area contributed by atoms with E-state index in [1.54, 1.807) is 0 Å². The summed E-state index contributed by atoms with van der Waals surface area (Å²) in [6.45, 7) is 8.65. The van der Waals surface area contributed by atoms with Crippen LogP contribution in [0.15, 0.2) is 40.9 Å². The molecule has 0 spiro atoms. The zero-order valence-corrected chi connectivity index (χ0v) is 16.0. The van der Waals surface area contributed by atoms with Crippen LogP contribution in [0.3, 0.4) is 0 Å². The molecule has 1 aliphatic rings. The summed E-state index contributed by atoms with van der Waals surface area (Å²) >= 11 is 0. The molecule has 1 heterocycles. The minimum Gasteiger partial charge on any atom is -0.486 e. The Labute approximate surface area is 155 Å². The average molecular weight is 356 g/mol. The maximum atomic E-state index is 11.9. The fraction of sp³-hybridized carbons (Fsp3) is 0.524. The van der Waals surface area contributed by atoms with Gasteiger partial charge in [-0.05, 0) is 36.3 Å². The fourth-order valence-corrected chi connectivity index (χ4v) is 3.39. The lowest BCUT2D eigenvalue weighted by Gasteiger charge is -2.52. The summed E-state index contributed by atoms with van der Waals surface area (Å²) in [6.07, 6.45) is 1.84. The van der Waals surface area contributed by atoms with Gasteiger partial charge < -0.3 is 14.6 Å². The molecule has 2 aromatic rings. The quantitative estimate of drug-likeness (QED) is 0.815. The number of rotatable bonds is 7. The van der Waals surface area contributed by atoms with E-state index in [-0.39, 0.29) is 23.3 Å². The fourth-order valence-electron chi connectivity index (χ4n) is 3.39. The molecule has 1 saturated carbocycles. The smallest absolute Gasteiger partial charge is 0.222 e. The van der Waals surface area contributed by atoms with E-state index in [1.807, 2.05) is 50.2 Å². The third kappa shape index (κ3) is 4.09. The van der Waals surface area contributed by atoms with Crippen LogP contribution in [0, 0.1) is 17.3 Å². The monoisotopic (exact) mass is 356 g/mol. The summed E-state index contributed by atoms with van der Waals surface area (Å²) < 4.78 is 11.1. The highest BCUT2D eigenvalue weighted by atomic mass is 16.5. The van der Waals surface area contributed by atoms with E-state index in [9.17, 15) is 4.79 Å². The van der Waals surface area contributed by atoms with E-state index in [1.165, 1.54) is 0 Å². The molecule has 1 amide bonds. The minimum atomic E-state index is 0.0209. The van der Waals surface area contributed by atoms with E-state index < -0.39 is 0 Å². The second-order valence-corrected chi connectivity index (χ2v) is 8.06. The van der Waals surface area contributed by atoms with Gasteiger partial charge in [-0.2, -0.15) is 0 Å². The molecule has 1 aromatic heterocycles. The molecule has 1 aromatic carbocycles. The molecule has 0 saturated heterocycles. The van der Waals surface area contributed by atoms with Crippen LogP contribution in [0.2, 0.25) is 0 Å². The van der Waals surface area contributed by atoms with Gasteiger partial charge >= 0.3 is 0 Å². The van der Waals surface area contributed by atoms with Crippen LogP contribution >= 0.6 is 0 Å². The first-order valence-electron chi connectivity index (χ1n) is 9.29. The molecule has 0 aliphatic heterocycles.